The lowest BCUT2D eigenvalue weighted by Crippen LogP contribution is -2.36. The van der Waals surface area contributed by atoms with Crippen LogP contribution in [-0.2, 0) is 4.74 Å². The molecule has 0 aliphatic carbocycles. The number of fused-ring (bicyclic) bond motifs is 2. The number of phenolic OH excluding ortho intramolecular Hbond substituents is 1. The van der Waals surface area contributed by atoms with Gasteiger partial charge in [-0.3, -0.25) is 4.90 Å². The summed E-state index contributed by atoms with van der Waals surface area (Å²) < 4.78 is 5.39. The Morgan fingerprint density at radius 2 is 2.04 bits per heavy atom. The van der Waals surface area contributed by atoms with Gasteiger partial charge >= 0.3 is 6.09 Å². The summed E-state index contributed by atoms with van der Waals surface area (Å²) in [5.74, 6) is 0.934. The Morgan fingerprint density at radius 1 is 1.29 bits per heavy atom. The third-order valence-corrected chi connectivity index (χ3v) is 4.31. The number of hydrogen-bond acceptors (Lipinski definition) is 4. The van der Waals surface area contributed by atoms with Crippen molar-refractivity contribution in [1.82, 2.24) is 9.97 Å². The number of hydrogen-bond donors (Lipinski definition) is 2. The van der Waals surface area contributed by atoms with E-state index in [1.807, 2.05) is 26.0 Å². The molecule has 1 aliphatic rings. The van der Waals surface area contributed by atoms with Crippen molar-refractivity contribution in [1.29, 1.82) is 0 Å². The van der Waals surface area contributed by atoms with Gasteiger partial charge in [0.05, 0.1) is 16.7 Å². The zero-order valence-corrected chi connectivity index (χ0v) is 13.4. The van der Waals surface area contributed by atoms with Crippen molar-refractivity contribution in [3.8, 4) is 17.1 Å². The number of imidazole rings is 1. The topological polar surface area (TPSA) is 78.5 Å². The van der Waals surface area contributed by atoms with Crippen molar-refractivity contribution in [2.45, 2.75) is 20.0 Å². The molecule has 2 N–H and O–H groups in total. The lowest BCUT2D eigenvalue weighted by Gasteiger charge is -2.31. The van der Waals surface area contributed by atoms with E-state index in [0.29, 0.717) is 6.54 Å². The minimum atomic E-state index is -0.328. The molecule has 0 fully saturated rings. The molecular formula is C18H17N3O3. The Labute approximate surface area is 138 Å². The average molecular weight is 323 g/mol. The number of nitrogens with one attached hydrogen (secondary N) is 1. The van der Waals surface area contributed by atoms with Crippen molar-refractivity contribution >= 4 is 22.8 Å². The van der Waals surface area contributed by atoms with Crippen molar-refractivity contribution in [3.05, 3.63) is 42.0 Å². The smallest absolute Gasteiger partial charge is 0.414 e. The van der Waals surface area contributed by atoms with E-state index < -0.39 is 0 Å². The van der Waals surface area contributed by atoms with Crippen molar-refractivity contribution < 1.29 is 14.6 Å². The van der Waals surface area contributed by atoms with Gasteiger partial charge in [-0.25, -0.2) is 9.78 Å². The Balaban J connectivity index is 1.86. The maximum atomic E-state index is 12.0. The van der Waals surface area contributed by atoms with Gasteiger partial charge < -0.3 is 14.8 Å². The summed E-state index contributed by atoms with van der Waals surface area (Å²) in [7, 11) is 0. The van der Waals surface area contributed by atoms with Crippen LogP contribution >= 0.6 is 0 Å². The molecule has 122 valence electrons. The molecule has 2 heterocycles. The Bertz CT molecular complexity index is 931. The largest absolute Gasteiger partial charge is 0.508 e. The molecule has 3 aromatic rings. The molecule has 24 heavy (non-hydrogen) atoms. The molecule has 4 rings (SSSR count). The Hall–Kier alpha value is -3.02. The molecule has 2 aromatic carbocycles. The molecule has 0 bridgehead atoms. The quantitative estimate of drug-likeness (QED) is 0.748. The first-order chi connectivity index (χ1) is 11.6. The first-order valence-electron chi connectivity index (χ1n) is 7.88. The van der Waals surface area contributed by atoms with Crippen LogP contribution < -0.4 is 4.90 Å². The number of cyclic esters (lactones) is 1. The van der Waals surface area contributed by atoms with E-state index in [1.54, 1.807) is 29.2 Å². The summed E-state index contributed by atoms with van der Waals surface area (Å²) >= 11 is 0. The van der Waals surface area contributed by atoms with E-state index in [4.69, 9.17) is 4.74 Å². The number of amides is 1. The summed E-state index contributed by atoms with van der Waals surface area (Å²) in [6.45, 7) is 4.32. The number of aromatic amines is 1. The van der Waals surface area contributed by atoms with Crippen LogP contribution in [0.2, 0.25) is 0 Å². The predicted molar refractivity (Wildman–Crippen MR) is 91.1 cm³/mol. The number of rotatable bonds is 2. The van der Waals surface area contributed by atoms with E-state index in [1.165, 1.54) is 0 Å². The highest BCUT2D eigenvalue weighted by atomic mass is 16.6. The third kappa shape index (κ3) is 2.19. The molecule has 6 nitrogen and oxygen atoms in total. The Morgan fingerprint density at radius 3 is 2.75 bits per heavy atom. The lowest BCUT2D eigenvalue weighted by atomic mass is 10.0. The highest BCUT2D eigenvalue weighted by Crippen LogP contribution is 2.37. The molecular weight excluding hydrogens is 306 g/mol. The van der Waals surface area contributed by atoms with Crippen molar-refractivity contribution in [2.75, 3.05) is 11.4 Å². The first kappa shape index (κ1) is 14.6. The van der Waals surface area contributed by atoms with E-state index in [9.17, 15) is 9.90 Å². The predicted octanol–water partition coefficient (Wildman–Crippen LogP) is 3.97. The fourth-order valence-corrected chi connectivity index (χ4v) is 3.05. The molecule has 1 unspecified atom stereocenters. The van der Waals surface area contributed by atoms with Gasteiger partial charge in [0.15, 0.2) is 0 Å². The fourth-order valence-electron chi connectivity index (χ4n) is 3.05. The minimum absolute atomic E-state index is 0.216. The number of nitrogens with zero attached hydrogens (tertiary/aromatic N) is 2. The second-order valence-electron chi connectivity index (χ2n) is 5.83. The maximum absolute atomic E-state index is 12.0. The van der Waals surface area contributed by atoms with Gasteiger partial charge in [0, 0.05) is 17.7 Å². The van der Waals surface area contributed by atoms with Gasteiger partial charge in [-0.1, -0.05) is 0 Å². The van der Waals surface area contributed by atoms with Crippen LogP contribution in [0.3, 0.4) is 0 Å². The highest BCUT2D eigenvalue weighted by Gasteiger charge is 2.30. The number of aromatic nitrogens is 2. The summed E-state index contributed by atoms with van der Waals surface area (Å²) in [6.07, 6.45) is -0.619. The number of aromatic hydroxyl groups is 1. The summed E-state index contributed by atoms with van der Waals surface area (Å²) in [4.78, 5) is 21.6. The number of anilines is 1. The summed E-state index contributed by atoms with van der Waals surface area (Å²) in [5.41, 5.74) is 4.37. The number of benzene rings is 2. The SMILES string of the molecule is CCN1C(=O)OC(C)c2cc3[nH]c(-c4ccc(O)cc4)nc3cc21. The second kappa shape index (κ2) is 5.26. The normalized spacial score (nSPS) is 17.0. The number of ether oxygens (including phenoxy) is 1. The third-order valence-electron chi connectivity index (χ3n) is 4.31. The first-order valence-corrected chi connectivity index (χ1v) is 7.88. The summed E-state index contributed by atoms with van der Waals surface area (Å²) in [6, 6.07) is 10.8. The molecule has 1 aliphatic heterocycles. The van der Waals surface area contributed by atoms with Crippen LogP contribution in [0.4, 0.5) is 10.5 Å². The van der Waals surface area contributed by atoms with Gasteiger partial charge in [-0.15, -0.1) is 0 Å². The van der Waals surface area contributed by atoms with Gasteiger partial charge in [0.1, 0.15) is 17.7 Å². The summed E-state index contributed by atoms with van der Waals surface area (Å²) in [5, 5.41) is 9.42. The number of carbonyl (C=O) groups excluding carboxylic acids is 1. The van der Waals surface area contributed by atoms with E-state index in [0.717, 1.165) is 33.7 Å². The van der Waals surface area contributed by atoms with E-state index in [2.05, 4.69) is 9.97 Å². The second-order valence-corrected chi connectivity index (χ2v) is 5.83. The molecule has 0 radical (unpaired) electrons. The van der Waals surface area contributed by atoms with Crippen LogP contribution in [0.15, 0.2) is 36.4 Å². The molecule has 1 aromatic heterocycles. The van der Waals surface area contributed by atoms with Crippen LogP contribution in [0.1, 0.15) is 25.5 Å². The fraction of sp³-hybridized carbons (Fsp3) is 0.222. The number of phenols is 1. The number of carbonyl (C=O) groups is 1. The average Bonchev–Trinajstić information content (AvgIpc) is 2.97. The van der Waals surface area contributed by atoms with E-state index in [-0.39, 0.29) is 17.9 Å². The molecule has 1 amide bonds. The van der Waals surface area contributed by atoms with Crippen LogP contribution in [0.25, 0.3) is 22.4 Å². The standard InChI is InChI=1S/C18H17N3O3/c1-3-21-16-9-15-14(8-13(16)10(2)24-18(21)23)19-17(20-15)11-4-6-12(22)7-5-11/h4-10,22H,3H2,1-2H3,(H,19,20). The maximum Gasteiger partial charge on any atom is 0.414 e. The zero-order valence-electron chi connectivity index (χ0n) is 13.4. The monoisotopic (exact) mass is 323 g/mol. The van der Waals surface area contributed by atoms with Gasteiger partial charge in [0.25, 0.3) is 0 Å². The van der Waals surface area contributed by atoms with Crippen molar-refractivity contribution in [2.24, 2.45) is 0 Å². The Kier molecular flexibility index (Phi) is 3.19. The molecule has 0 spiro atoms. The van der Waals surface area contributed by atoms with Crippen LogP contribution in [0, 0.1) is 0 Å². The van der Waals surface area contributed by atoms with Crippen LogP contribution in [-0.4, -0.2) is 27.7 Å². The highest BCUT2D eigenvalue weighted by molar-refractivity contribution is 5.95. The molecule has 0 saturated carbocycles. The zero-order chi connectivity index (χ0) is 16.8. The molecule has 0 saturated heterocycles. The van der Waals surface area contributed by atoms with Gasteiger partial charge in [0.2, 0.25) is 0 Å². The van der Waals surface area contributed by atoms with Gasteiger partial charge in [-0.2, -0.15) is 0 Å². The van der Waals surface area contributed by atoms with Crippen LogP contribution in [0.5, 0.6) is 5.75 Å². The van der Waals surface area contributed by atoms with Gasteiger partial charge in [-0.05, 0) is 50.2 Å². The lowest BCUT2D eigenvalue weighted by molar-refractivity contribution is 0.108. The molecule has 1 atom stereocenters. The molecule has 6 heteroatoms. The van der Waals surface area contributed by atoms with E-state index >= 15 is 0 Å². The van der Waals surface area contributed by atoms with Crippen molar-refractivity contribution in [3.63, 3.8) is 0 Å². The number of H-pyrrole nitrogens is 1. The minimum Gasteiger partial charge on any atom is -0.508 e.